The van der Waals surface area contributed by atoms with Crippen LogP contribution in [0.5, 0.6) is 0 Å². The van der Waals surface area contributed by atoms with Crippen LogP contribution in [0.3, 0.4) is 0 Å². The van der Waals surface area contributed by atoms with E-state index < -0.39 is 0 Å². The number of nitrogen functional groups attached to an aromatic ring is 1. The molecule has 0 radical (unpaired) electrons. The Balaban J connectivity index is 1.68. The number of benzene rings is 2. The highest BCUT2D eigenvalue weighted by Gasteiger charge is 2.11. The molecule has 7 heteroatoms. The predicted molar refractivity (Wildman–Crippen MR) is 99.4 cm³/mol. The van der Waals surface area contributed by atoms with Crippen LogP contribution in [0.4, 0.5) is 11.8 Å². The van der Waals surface area contributed by atoms with E-state index in [0.29, 0.717) is 11.4 Å². The van der Waals surface area contributed by atoms with Gasteiger partial charge in [0.15, 0.2) is 5.82 Å². The van der Waals surface area contributed by atoms with Gasteiger partial charge in [-0.05, 0) is 22.9 Å². The number of hydrogen-bond acceptors (Lipinski definition) is 6. The number of carbonyl (C=O) groups excluding carboxylic acids is 1. The third kappa shape index (κ3) is 3.05. The average molecular weight is 342 g/mol. The molecule has 0 fully saturated rings. The van der Waals surface area contributed by atoms with Crippen molar-refractivity contribution in [1.82, 2.24) is 19.9 Å². The van der Waals surface area contributed by atoms with Crippen molar-refractivity contribution in [2.45, 2.75) is 0 Å². The lowest BCUT2D eigenvalue weighted by atomic mass is 10.0. The molecule has 0 bridgehead atoms. The zero-order valence-corrected chi connectivity index (χ0v) is 13.6. The molecule has 4 rings (SSSR count). The van der Waals surface area contributed by atoms with Crippen molar-refractivity contribution < 1.29 is 4.79 Å². The lowest BCUT2D eigenvalue weighted by Gasteiger charge is -2.07. The minimum absolute atomic E-state index is 0.170. The Kier molecular flexibility index (Phi) is 3.95. The number of rotatable bonds is 3. The molecule has 126 valence electrons. The minimum atomic E-state index is -0.367. The second-order valence-electron chi connectivity index (χ2n) is 5.58. The summed E-state index contributed by atoms with van der Waals surface area (Å²) in [5.74, 6) is 0.559. The molecule has 2 heterocycles. The Hall–Kier alpha value is -3.87. The fourth-order valence-corrected chi connectivity index (χ4v) is 2.67. The molecule has 0 aliphatic heterocycles. The highest BCUT2D eigenvalue weighted by Crippen LogP contribution is 2.26. The molecule has 0 aliphatic rings. The number of nitrogens with two attached hydrogens (primary N) is 1. The fraction of sp³-hybridized carbons (Fsp3) is 0. The molecule has 0 saturated heterocycles. The molecule has 0 aliphatic carbocycles. The van der Waals surface area contributed by atoms with Gasteiger partial charge in [0.2, 0.25) is 5.95 Å². The van der Waals surface area contributed by atoms with Gasteiger partial charge in [0, 0.05) is 17.3 Å². The van der Waals surface area contributed by atoms with Gasteiger partial charge >= 0.3 is 0 Å². The SMILES string of the molecule is Nc1cc(C(=O)Nc2ncnc(-c3cccc4ccccc34)n2)ccn1. The molecular weight excluding hydrogens is 328 g/mol. The molecule has 7 nitrogen and oxygen atoms in total. The molecular formula is C19H14N6O. The summed E-state index contributed by atoms with van der Waals surface area (Å²) in [6, 6.07) is 16.9. The smallest absolute Gasteiger partial charge is 0.258 e. The Morgan fingerprint density at radius 1 is 0.962 bits per heavy atom. The summed E-state index contributed by atoms with van der Waals surface area (Å²) >= 11 is 0. The molecule has 2 aromatic carbocycles. The fourth-order valence-electron chi connectivity index (χ4n) is 2.67. The van der Waals surface area contributed by atoms with Crippen molar-refractivity contribution >= 4 is 28.4 Å². The topological polar surface area (TPSA) is 107 Å². The molecule has 0 spiro atoms. The van der Waals surface area contributed by atoms with E-state index in [-0.39, 0.29) is 17.7 Å². The van der Waals surface area contributed by atoms with Gasteiger partial charge in [0.05, 0.1) is 0 Å². The lowest BCUT2D eigenvalue weighted by molar-refractivity contribution is 0.102. The summed E-state index contributed by atoms with van der Waals surface area (Å²) in [5, 5.41) is 4.77. The molecule has 0 saturated carbocycles. The van der Waals surface area contributed by atoms with Crippen LogP contribution in [0.25, 0.3) is 22.2 Å². The highest BCUT2D eigenvalue weighted by molar-refractivity contribution is 6.03. The van der Waals surface area contributed by atoms with E-state index in [1.807, 2.05) is 42.5 Å². The zero-order chi connectivity index (χ0) is 17.9. The first-order chi connectivity index (χ1) is 12.7. The summed E-state index contributed by atoms with van der Waals surface area (Å²) in [4.78, 5) is 28.9. The molecule has 2 aromatic heterocycles. The normalized spacial score (nSPS) is 10.6. The van der Waals surface area contributed by atoms with Crippen LogP contribution in [0, 0.1) is 0 Å². The largest absolute Gasteiger partial charge is 0.384 e. The minimum Gasteiger partial charge on any atom is -0.384 e. The van der Waals surface area contributed by atoms with E-state index in [2.05, 4.69) is 25.3 Å². The van der Waals surface area contributed by atoms with E-state index >= 15 is 0 Å². The third-order valence-electron chi connectivity index (χ3n) is 3.87. The van der Waals surface area contributed by atoms with Gasteiger partial charge in [-0.3, -0.25) is 10.1 Å². The zero-order valence-electron chi connectivity index (χ0n) is 13.6. The monoisotopic (exact) mass is 342 g/mol. The van der Waals surface area contributed by atoms with Gasteiger partial charge in [0.1, 0.15) is 12.1 Å². The van der Waals surface area contributed by atoms with Crippen LogP contribution in [0.15, 0.2) is 67.1 Å². The predicted octanol–water partition coefficient (Wildman–Crippen LogP) is 2.92. The van der Waals surface area contributed by atoms with Crippen molar-refractivity contribution in [2.24, 2.45) is 0 Å². The lowest BCUT2D eigenvalue weighted by Crippen LogP contribution is -2.15. The summed E-state index contributed by atoms with van der Waals surface area (Å²) in [5.41, 5.74) is 6.86. The molecule has 1 amide bonds. The van der Waals surface area contributed by atoms with Crippen molar-refractivity contribution in [3.05, 3.63) is 72.7 Å². The van der Waals surface area contributed by atoms with Gasteiger partial charge in [-0.1, -0.05) is 42.5 Å². The first-order valence-corrected chi connectivity index (χ1v) is 7.91. The Morgan fingerprint density at radius 2 is 1.81 bits per heavy atom. The number of carbonyl (C=O) groups is 1. The van der Waals surface area contributed by atoms with Gasteiger partial charge in [-0.25, -0.2) is 15.0 Å². The van der Waals surface area contributed by atoms with E-state index in [0.717, 1.165) is 16.3 Å². The van der Waals surface area contributed by atoms with Crippen LogP contribution < -0.4 is 11.1 Å². The Morgan fingerprint density at radius 3 is 2.69 bits per heavy atom. The van der Waals surface area contributed by atoms with E-state index in [1.165, 1.54) is 18.6 Å². The number of anilines is 2. The number of aromatic nitrogens is 4. The van der Waals surface area contributed by atoms with Gasteiger partial charge in [-0.15, -0.1) is 0 Å². The summed E-state index contributed by atoms with van der Waals surface area (Å²) in [7, 11) is 0. The maximum atomic E-state index is 12.3. The van der Waals surface area contributed by atoms with Crippen molar-refractivity contribution in [3.63, 3.8) is 0 Å². The molecule has 4 aromatic rings. The van der Waals surface area contributed by atoms with Gasteiger partial charge in [-0.2, -0.15) is 4.98 Å². The van der Waals surface area contributed by atoms with E-state index in [1.54, 1.807) is 6.07 Å². The standard InChI is InChI=1S/C19H14N6O/c20-16-10-13(8-9-21-16)18(26)25-19-23-11-22-17(24-19)15-7-3-5-12-4-1-2-6-14(12)15/h1-11H,(H2,20,21)(H,22,23,24,25,26). The van der Waals surface area contributed by atoms with Crippen molar-refractivity contribution in [1.29, 1.82) is 0 Å². The van der Waals surface area contributed by atoms with E-state index in [4.69, 9.17) is 5.73 Å². The molecule has 26 heavy (non-hydrogen) atoms. The van der Waals surface area contributed by atoms with Gasteiger partial charge < -0.3 is 5.73 Å². The summed E-state index contributed by atoms with van der Waals surface area (Å²) < 4.78 is 0. The first-order valence-electron chi connectivity index (χ1n) is 7.91. The van der Waals surface area contributed by atoms with Crippen LogP contribution in [0.1, 0.15) is 10.4 Å². The van der Waals surface area contributed by atoms with Gasteiger partial charge in [0.25, 0.3) is 5.91 Å². The van der Waals surface area contributed by atoms with Crippen LogP contribution in [-0.4, -0.2) is 25.8 Å². The van der Waals surface area contributed by atoms with Crippen LogP contribution in [0.2, 0.25) is 0 Å². The molecule has 0 unspecified atom stereocenters. The number of nitrogens with one attached hydrogen (secondary N) is 1. The number of nitrogens with zero attached hydrogens (tertiary/aromatic N) is 4. The Labute approximate surface area is 149 Å². The summed E-state index contributed by atoms with van der Waals surface area (Å²) in [6.45, 7) is 0. The maximum absolute atomic E-state index is 12.3. The maximum Gasteiger partial charge on any atom is 0.258 e. The number of amides is 1. The molecule has 3 N–H and O–H groups in total. The van der Waals surface area contributed by atoms with Crippen molar-refractivity contribution in [2.75, 3.05) is 11.1 Å². The van der Waals surface area contributed by atoms with Crippen LogP contribution >= 0.6 is 0 Å². The summed E-state index contributed by atoms with van der Waals surface area (Å²) in [6.07, 6.45) is 2.85. The highest BCUT2D eigenvalue weighted by atomic mass is 16.1. The number of pyridine rings is 1. The van der Waals surface area contributed by atoms with E-state index in [9.17, 15) is 4.79 Å². The Bertz CT molecular complexity index is 1110. The quantitative estimate of drug-likeness (QED) is 0.593. The second-order valence-corrected chi connectivity index (χ2v) is 5.58. The van der Waals surface area contributed by atoms with Crippen LogP contribution in [-0.2, 0) is 0 Å². The number of fused-ring (bicyclic) bond motifs is 1. The average Bonchev–Trinajstić information content (AvgIpc) is 2.68. The number of hydrogen-bond donors (Lipinski definition) is 2. The first kappa shape index (κ1) is 15.6. The second kappa shape index (κ2) is 6.56. The van der Waals surface area contributed by atoms with Crippen molar-refractivity contribution in [3.8, 4) is 11.4 Å². The third-order valence-corrected chi connectivity index (χ3v) is 3.87. The molecule has 0 atom stereocenters.